The summed E-state index contributed by atoms with van der Waals surface area (Å²) in [5, 5.41) is 3.32. The fourth-order valence-corrected chi connectivity index (χ4v) is 2.62. The van der Waals surface area contributed by atoms with E-state index in [1.807, 2.05) is 6.07 Å². The van der Waals surface area contributed by atoms with Crippen molar-refractivity contribution in [2.75, 3.05) is 0 Å². The molecule has 0 bridgehead atoms. The molecule has 0 amide bonds. The number of thiophene rings is 1. The molecular formula is C11H11FS. The average molecular weight is 194 g/mol. The van der Waals surface area contributed by atoms with Crippen molar-refractivity contribution in [1.29, 1.82) is 0 Å². The van der Waals surface area contributed by atoms with Crippen molar-refractivity contribution in [3.63, 3.8) is 0 Å². The summed E-state index contributed by atoms with van der Waals surface area (Å²) >= 11 is 1.62. The van der Waals surface area contributed by atoms with Gasteiger partial charge in [-0.2, -0.15) is 0 Å². The lowest BCUT2D eigenvalue weighted by molar-refractivity contribution is 0.630. The van der Waals surface area contributed by atoms with Gasteiger partial charge in [-0.25, -0.2) is 4.39 Å². The molecule has 0 fully saturated rings. The average Bonchev–Trinajstić information content (AvgIpc) is 2.46. The van der Waals surface area contributed by atoms with E-state index in [0.717, 1.165) is 4.70 Å². The highest BCUT2D eigenvalue weighted by atomic mass is 32.1. The third-order valence-corrected chi connectivity index (χ3v) is 3.15. The Kier molecular flexibility index (Phi) is 2.08. The summed E-state index contributed by atoms with van der Waals surface area (Å²) in [4.78, 5) is 0. The Morgan fingerprint density at radius 1 is 1.31 bits per heavy atom. The van der Waals surface area contributed by atoms with Gasteiger partial charge in [0.05, 0.1) is 0 Å². The van der Waals surface area contributed by atoms with Crippen LogP contribution in [0.2, 0.25) is 0 Å². The van der Waals surface area contributed by atoms with Crippen LogP contribution < -0.4 is 0 Å². The summed E-state index contributed by atoms with van der Waals surface area (Å²) in [6.45, 7) is 4.32. The fraction of sp³-hybridized carbons (Fsp3) is 0.273. The predicted octanol–water partition coefficient (Wildman–Crippen LogP) is 4.16. The maximum absolute atomic E-state index is 12.9. The Morgan fingerprint density at radius 3 is 2.77 bits per heavy atom. The number of hydrogen-bond acceptors (Lipinski definition) is 1. The summed E-state index contributed by atoms with van der Waals surface area (Å²) < 4.78 is 13.9. The Morgan fingerprint density at radius 2 is 2.08 bits per heavy atom. The summed E-state index contributed by atoms with van der Waals surface area (Å²) in [6, 6.07) is 5.00. The van der Waals surface area contributed by atoms with Crippen LogP contribution in [0.25, 0.3) is 10.1 Å². The molecule has 2 aromatic rings. The number of halogens is 1. The second-order valence-corrected chi connectivity index (χ2v) is 4.40. The first-order valence-electron chi connectivity index (χ1n) is 4.35. The molecule has 0 nitrogen and oxygen atoms in total. The largest absolute Gasteiger partial charge is 0.207 e. The van der Waals surface area contributed by atoms with Crippen LogP contribution in [0.4, 0.5) is 4.39 Å². The third kappa shape index (κ3) is 1.46. The van der Waals surface area contributed by atoms with Crippen LogP contribution in [0.15, 0.2) is 23.6 Å². The molecule has 1 heterocycles. The molecule has 68 valence electrons. The first-order chi connectivity index (χ1) is 6.18. The van der Waals surface area contributed by atoms with Crippen molar-refractivity contribution in [2.24, 2.45) is 0 Å². The van der Waals surface area contributed by atoms with Gasteiger partial charge in [0, 0.05) is 4.70 Å². The molecule has 13 heavy (non-hydrogen) atoms. The van der Waals surface area contributed by atoms with Crippen LogP contribution in [-0.4, -0.2) is 0 Å². The van der Waals surface area contributed by atoms with E-state index in [-0.39, 0.29) is 5.82 Å². The third-order valence-electron chi connectivity index (χ3n) is 2.19. The smallest absolute Gasteiger partial charge is 0.124 e. The highest BCUT2D eigenvalue weighted by molar-refractivity contribution is 7.17. The van der Waals surface area contributed by atoms with Crippen molar-refractivity contribution in [3.05, 3.63) is 35.0 Å². The molecule has 0 N–H and O–H groups in total. The van der Waals surface area contributed by atoms with Gasteiger partial charge in [-0.05, 0) is 34.4 Å². The van der Waals surface area contributed by atoms with Gasteiger partial charge in [-0.1, -0.05) is 19.9 Å². The summed E-state index contributed by atoms with van der Waals surface area (Å²) in [6.07, 6.45) is 0. The second kappa shape index (κ2) is 3.11. The first-order valence-corrected chi connectivity index (χ1v) is 5.23. The summed E-state index contributed by atoms with van der Waals surface area (Å²) in [5.74, 6) is 0.365. The van der Waals surface area contributed by atoms with Crippen LogP contribution >= 0.6 is 11.3 Å². The molecule has 0 radical (unpaired) electrons. The Bertz CT molecular complexity index is 429. The lowest BCUT2D eigenvalue weighted by atomic mass is 10.0. The number of fused-ring (bicyclic) bond motifs is 1. The van der Waals surface area contributed by atoms with Crippen molar-refractivity contribution >= 4 is 21.4 Å². The summed E-state index contributed by atoms with van der Waals surface area (Å²) in [7, 11) is 0. The van der Waals surface area contributed by atoms with Gasteiger partial charge in [0.2, 0.25) is 0 Å². The minimum absolute atomic E-state index is 0.148. The maximum atomic E-state index is 12.9. The number of rotatable bonds is 1. The zero-order valence-electron chi connectivity index (χ0n) is 7.67. The van der Waals surface area contributed by atoms with Crippen LogP contribution in [-0.2, 0) is 0 Å². The minimum Gasteiger partial charge on any atom is -0.207 e. The zero-order chi connectivity index (χ0) is 9.42. The van der Waals surface area contributed by atoms with Gasteiger partial charge in [-0.15, -0.1) is 11.3 Å². The maximum Gasteiger partial charge on any atom is 0.124 e. The van der Waals surface area contributed by atoms with E-state index < -0.39 is 0 Å². The molecule has 0 aliphatic rings. The minimum atomic E-state index is -0.148. The molecule has 2 heteroatoms. The lowest BCUT2D eigenvalue weighted by Crippen LogP contribution is -1.83. The van der Waals surface area contributed by atoms with Crippen molar-refractivity contribution in [3.8, 4) is 0 Å². The Hall–Kier alpha value is -0.890. The normalized spacial score (nSPS) is 11.4. The van der Waals surface area contributed by atoms with E-state index in [4.69, 9.17) is 0 Å². The van der Waals surface area contributed by atoms with E-state index in [0.29, 0.717) is 5.92 Å². The van der Waals surface area contributed by atoms with E-state index in [2.05, 4.69) is 19.2 Å². The van der Waals surface area contributed by atoms with Gasteiger partial charge in [0.15, 0.2) is 0 Å². The van der Waals surface area contributed by atoms with Gasteiger partial charge in [-0.3, -0.25) is 0 Å². The second-order valence-electron chi connectivity index (χ2n) is 3.49. The Labute approximate surface area is 81.0 Å². The standard InChI is InChI=1S/C11H11FS/c1-7(2)10-6-13-11-5-8(12)3-4-9(10)11/h3-7H,1-2H3. The van der Waals surface area contributed by atoms with Crippen molar-refractivity contribution in [2.45, 2.75) is 19.8 Å². The quantitative estimate of drug-likeness (QED) is 0.639. The monoisotopic (exact) mass is 194 g/mol. The first kappa shape index (κ1) is 8.70. The van der Waals surface area contributed by atoms with Crippen molar-refractivity contribution in [1.82, 2.24) is 0 Å². The van der Waals surface area contributed by atoms with Gasteiger partial charge >= 0.3 is 0 Å². The van der Waals surface area contributed by atoms with Crippen LogP contribution in [0.1, 0.15) is 25.3 Å². The molecule has 0 saturated carbocycles. The predicted molar refractivity (Wildman–Crippen MR) is 55.9 cm³/mol. The molecule has 1 aromatic carbocycles. The van der Waals surface area contributed by atoms with E-state index in [1.165, 1.54) is 17.0 Å². The SMILES string of the molecule is CC(C)c1csc2cc(F)ccc12. The summed E-state index contributed by atoms with van der Waals surface area (Å²) in [5.41, 5.74) is 1.32. The number of hydrogen-bond donors (Lipinski definition) is 0. The molecule has 0 atom stereocenters. The molecule has 2 rings (SSSR count). The molecule has 0 saturated heterocycles. The van der Waals surface area contributed by atoms with Gasteiger partial charge in [0.1, 0.15) is 5.82 Å². The van der Waals surface area contributed by atoms with Crippen LogP contribution in [0.3, 0.4) is 0 Å². The Balaban J connectivity index is 2.69. The van der Waals surface area contributed by atoms with Crippen molar-refractivity contribution < 1.29 is 4.39 Å². The van der Waals surface area contributed by atoms with Crippen LogP contribution in [0.5, 0.6) is 0 Å². The lowest BCUT2D eigenvalue weighted by Gasteiger charge is -2.01. The van der Waals surface area contributed by atoms with Gasteiger partial charge < -0.3 is 0 Å². The molecule has 0 aliphatic heterocycles. The van der Waals surface area contributed by atoms with Gasteiger partial charge in [0.25, 0.3) is 0 Å². The molecule has 0 aliphatic carbocycles. The highest BCUT2D eigenvalue weighted by Gasteiger charge is 2.07. The molecule has 0 spiro atoms. The topological polar surface area (TPSA) is 0 Å². The van der Waals surface area contributed by atoms with E-state index in [9.17, 15) is 4.39 Å². The zero-order valence-corrected chi connectivity index (χ0v) is 8.49. The van der Waals surface area contributed by atoms with E-state index >= 15 is 0 Å². The molecule has 1 aromatic heterocycles. The number of benzene rings is 1. The van der Waals surface area contributed by atoms with E-state index in [1.54, 1.807) is 17.4 Å². The van der Waals surface area contributed by atoms with Crippen LogP contribution in [0, 0.1) is 5.82 Å². The fourth-order valence-electron chi connectivity index (χ4n) is 1.47. The highest BCUT2D eigenvalue weighted by Crippen LogP contribution is 2.31. The molecule has 0 unspecified atom stereocenters. The molecular weight excluding hydrogens is 183 g/mol.